The van der Waals surface area contributed by atoms with Gasteiger partial charge in [-0.15, -0.1) is 0 Å². The zero-order valence-electron chi connectivity index (χ0n) is 19.3. The lowest BCUT2D eigenvalue weighted by molar-refractivity contribution is -0.123. The SMILES string of the molecule is CC[C@H](C)N1C(=O)/C(=C/c2c(N3C[C@@H](C)C[C@H](C)C3)nc3c(C)cccn3c2=O)SC1=S. The van der Waals surface area contributed by atoms with Crippen LogP contribution in [0.4, 0.5) is 5.82 Å². The Morgan fingerprint density at radius 2 is 1.97 bits per heavy atom. The summed E-state index contributed by atoms with van der Waals surface area (Å²) in [6.45, 7) is 12.1. The van der Waals surface area contributed by atoms with Crippen molar-refractivity contribution in [3.63, 3.8) is 0 Å². The number of piperidine rings is 1. The van der Waals surface area contributed by atoms with Crippen LogP contribution in [0, 0.1) is 18.8 Å². The number of carbonyl (C=O) groups excluding carboxylic acids is 1. The van der Waals surface area contributed by atoms with Gasteiger partial charge < -0.3 is 4.90 Å². The van der Waals surface area contributed by atoms with Gasteiger partial charge >= 0.3 is 0 Å². The molecule has 32 heavy (non-hydrogen) atoms. The third kappa shape index (κ3) is 4.10. The minimum atomic E-state index is -0.159. The average Bonchev–Trinajstić information content (AvgIpc) is 3.02. The first kappa shape index (κ1) is 23.0. The normalized spacial score (nSPS) is 24.1. The standard InChI is InChI=1S/C24H30N4O2S2/c1-6-17(5)28-23(30)19(32-24(28)31)11-18-21(26-12-14(2)10-15(3)13-26)25-20-16(4)8-7-9-27(20)22(18)29/h7-9,11,14-15,17H,6,10,12-13H2,1-5H3/b19-11-/t14-,15-,17-/m0/s1. The van der Waals surface area contributed by atoms with Gasteiger partial charge in [0.15, 0.2) is 0 Å². The van der Waals surface area contributed by atoms with E-state index in [2.05, 4.69) is 18.7 Å². The predicted molar refractivity (Wildman–Crippen MR) is 136 cm³/mol. The Morgan fingerprint density at radius 1 is 1.28 bits per heavy atom. The number of hydrogen-bond donors (Lipinski definition) is 0. The van der Waals surface area contributed by atoms with Gasteiger partial charge in [-0.3, -0.25) is 18.9 Å². The van der Waals surface area contributed by atoms with E-state index >= 15 is 0 Å². The van der Waals surface area contributed by atoms with E-state index in [9.17, 15) is 9.59 Å². The molecule has 4 rings (SSSR count). The molecule has 3 atom stereocenters. The molecule has 2 aromatic rings. The molecular weight excluding hydrogens is 440 g/mol. The van der Waals surface area contributed by atoms with E-state index in [4.69, 9.17) is 17.2 Å². The highest BCUT2D eigenvalue weighted by molar-refractivity contribution is 8.26. The number of hydrogen-bond acceptors (Lipinski definition) is 6. The largest absolute Gasteiger partial charge is 0.355 e. The third-order valence-electron chi connectivity index (χ3n) is 6.36. The number of aromatic nitrogens is 2. The smallest absolute Gasteiger partial charge is 0.267 e. The van der Waals surface area contributed by atoms with Gasteiger partial charge in [0, 0.05) is 25.3 Å². The van der Waals surface area contributed by atoms with Crippen LogP contribution in [-0.2, 0) is 4.79 Å². The molecule has 2 aliphatic rings. The number of rotatable bonds is 4. The molecule has 0 unspecified atom stereocenters. The molecule has 0 bridgehead atoms. The second kappa shape index (κ2) is 8.98. The van der Waals surface area contributed by atoms with Crippen molar-refractivity contribution in [2.24, 2.45) is 11.8 Å². The summed E-state index contributed by atoms with van der Waals surface area (Å²) in [5.41, 5.74) is 1.90. The number of thiocarbonyl (C=S) groups is 1. The maximum absolute atomic E-state index is 13.6. The van der Waals surface area contributed by atoms with Crippen LogP contribution in [0.3, 0.4) is 0 Å². The van der Waals surface area contributed by atoms with E-state index in [1.165, 1.54) is 11.8 Å². The van der Waals surface area contributed by atoms with Crippen molar-refractivity contribution in [2.75, 3.05) is 18.0 Å². The molecule has 4 heterocycles. The zero-order valence-corrected chi connectivity index (χ0v) is 20.9. The fraction of sp³-hybridized carbons (Fsp3) is 0.500. The summed E-state index contributed by atoms with van der Waals surface area (Å²) in [6, 6.07) is 3.84. The third-order valence-corrected chi connectivity index (χ3v) is 7.69. The Balaban J connectivity index is 1.89. The minimum Gasteiger partial charge on any atom is -0.355 e. The Labute approximate surface area is 198 Å². The Hall–Kier alpha value is -2.19. The highest BCUT2D eigenvalue weighted by Gasteiger charge is 2.35. The summed E-state index contributed by atoms with van der Waals surface area (Å²) in [6.07, 6.45) is 5.43. The lowest BCUT2D eigenvalue weighted by Gasteiger charge is -2.36. The monoisotopic (exact) mass is 470 g/mol. The van der Waals surface area contributed by atoms with Crippen LogP contribution in [0.1, 0.15) is 51.7 Å². The van der Waals surface area contributed by atoms with Gasteiger partial charge in [-0.05, 0) is 56.2 Å². The fourth-order valence-corrected chi connectivity index (χ4v) is 6.12. The van der Waals surface area contributed by atoms with Crippen molar-refractivity contribution in [3.05, 3.63) is 44.7 Å². The van der Waals surface area contributed by atoms with Gasteiger partial charge in [0.2, 0.25) is 0 Å². The second-order valence-corrected chi connectivity index (χ2v) is 10.9. The number of fused-ring (bicyclic) bond motifs is 1. The second-order valence-electron chi connectivity index (χ2n) is 9.20. The zero-order chi connectivity index (χ0) is 23.2. The van der Waals surface area contributed by atoms with Crippen molar-refractivity contribution < 1.29 is 4.79 Å². The molecule has 0 aromatic carbocycles. The summed E-state index contributed by atoms with van der Waals surface area (Å²) >= 11 is 6.76. The lowest BCUT2D eigenvalue weighted by atomic mass is 9.91. The molecule has 0 aliphatic carbocycles. The summed E-state index contributed by atoms with van der Waals surface area (Å²) < 4.78 is 2.12. The van der Waals surface area contributed by atoms with Crippen LogP contribution in [0.5, 0.6) is 0 Å². The Bertz CT molecular complexity index is 1160. The first-order chi connectivity index (χ1) is 15.2. The summed E-state index contributed by atoms with van der Waals surface area (Å²) in [5, 5.41) is 0. The van der Waals surface area contributed by atoms with Gasteiger partial charge in [-0.25, -0.2) is 4.98 Å². The van der Waals surface area contributed by atoms with E-state index in [-0.39, 0.29) is 17.5 Å². The van der Waals surface area contributed by atoms with E-state index < -0.39 is 0 Å². The van der Waals surface area contributed by atoms with Gasteiger partial charge in [-0.1, -0.05) is 50.8 Å². The Morgan fingerprint density at radius 3 is 2.62 bits per heavy atom. The van der Waals surface area contributed by atoms with E-state index in [0.717, 1.165) is 31.5 Å². The topological polar surface area (TPSA) is 57.9 Å². The first-order valence-electron chi connectivity index (χ1n) is 11.2. The molecule has 0 saturated carbocycles. The van der Waals surface area contributed by atoms with Gasteiger partial charge in [0.05, 0.1) is 10.5 Å². The minimum absolute atomic E-state index is 0.0233. The molecule has 170 valence electrons. The molecule has 2 aromatic heterocycles. The van der Waals surface area contributed by atoms with Crippen molar-refractivity contribution in [3.8, 4) is 0 Å². The number of carbonyl (C=O) groups is 1. The molecular formula is C24H30N4O2S2. The highest BCUT2D eigenvalue weighted by atomic mass is 32.2. The maximum atomic E-state index is 13.6. The molecule has 0 spiro atoms. The van der Waals surface area contributed by atoms with Crippen LogP contribution in [0.25, 0.3) is 11.7 Å². The van der Waals surface area contributed by atoms with E-state index in [0.29, 0.717) is 38.1 Å². The number of anilines is 1. The molecule has 8 heteroatoms. The molecule has 2 fully saturated rings. The number of pyridine rings is 1. The van der Waals surface area contributed by atoms with Crippen LogP contribution >= 0.6 is 24.0 Å². The first-order valence-corrected chi connectivity index (χ1v) is 12.5. The molecule has 2 saturated heterocycles. The van der Waals surface area contributed by atoms with Crippen molar-refractivity contribution in [1.82, 2.24) is 14.3 Å². The molecule has 0 N–H and O–H groups in total. The molecule has 0 radical (unpaired) electrons. The maximum Gasteiger partial charge on any atom is 0.267 e. The summed E-state index contributed by atoms with van der Waals surface area (Å²) in [4.78, 5) is 36.1. The summed E-state index contributed by atoms with van der Waals surface area (Å²) in [7, 11) is 0. The fourth-order valence-electron chi connectivity index (χ4n) is 4.68. The number of thioether (sulfide) groups is 1. The number of nitrogens with zero attached hydrogens (tertiary/aromatic N) is 4. The van der Waals surface area contributed by atoms with Crippen molar-refractivity contribution >= 4 is 51.7 Å². The molecule has 1 amide bonds. The van der Waals surface area contributed by atoms with Crippen LogP contribution in [0.15, 0.2) is 28.0 Å². The van der Waals surface area contributed by atoms with Gasteiger partial charge in [0.1, 0.15) is 15.8 Å². The average molecular weight is 471 g/mol. The number of amides is 1. The van der Waals surface area contributed by atoms with Crippen LogP contribution in [0.2, 0.25) is 0 Å². The Kier molecular flexibility index (Phi) is 6.45. The van der Waals surface area contributed by atoms with Gasteiger partial charge in [-0.2, -0.15) is 0 Å². The van der Waals surface area contributed by atoms with Crippen molar-refractivity contribution in [1.29, 1.82) is 0 Å². The van der Waals surface area contributed by atoms with E-state index in [1.54, 1.807) is 21.6 Å². The van der Waals surface area contributed by atoms with Gasteiger partial charge in [0.25, 0.3) is 11.5 Å². The number of aryl methyl sites for hydroxylation is 1. The van der Waals surface area contributed by atoms with Crippen LogP contribution in [-0.4, -0.2) is 43.6 Å². The van der Waals surface area contributed by atoms with Crippen LogP contribution < -0.4 is 10.5 Å². The predicted octanol–water partition coefficient (Wildman–Crippen LogP) is 4.48. The van der Waals surface area contributed by atoms with E-state index in [1.807, 2.05) is 32.9 Å². The van der Waals surface area contributed by atoms with Crippen molar-refractivity contribution in [2.45, 2.75) is 53.5 Å². The quantitative estimate of drug-likeness (QED) is 0.485. The summed E-state index contributed by atoms with van der Waals surface area (Å²) in [5.74, 6) is 1.55. The molecule has 2 aliphatic heterocycles. The molecule has 6 nitrogen and oxygen atoms in total. The highest BCUT2D eigenvalue weighted by Crippen LogP contribution is 2.36. The lowest BCUT2D eigenvalue weighted by Crippen LogP contribution is -2.41.